The number of carbonyl (C=O) groups is 1. The van der Waals surface area contributed by atoms with E-state index in [-0.39, 0.29) is 17.3 Å². The van der Waals surface area contributed by atoms with E-state index in [1.54, 1.807) is 41.2 Å². The Labute approximate surface area is 185 Å². The fourth-order valence-corrected chi connectivity index (χ4v) is 3.93. The minimum atomic E-state index is -0.874. The Balaban J connectivity index is 1.89. The molecule has 0 radical (unpaired) electrons. The van der Waals surface area contributed by atoms with E-state index in [2.05, 4.69) is 11.6 Å². The Morgan fingerprint density at radius 3 is 1.88 bits per heavy atom. The highest BCUT2D eigenvalue weighted by atomic mass is 16.6. The molecule has 32 heavy (non-hydrogen) atoms. The van der Waals surface area contributed by atoms with Crippen molar-refractivity contribution in [3.63, 3.8) is 0 Å². The zero-order valence-corrected chi connectivity index (χ0v) is 17.2. The molecule has 2 unspecified atom stereocenters. The van der Waals surface area contributed by atoms with E-state index in [9.17, 15) is 14.9 Å². The van der Waals surface area contributed by atoms with E-state index in [1.807, 2.05) is 66.7 Å². The van der Waals surface area contributed by atoms with E-state index in [0.717, 1.165) is 5.69 Å². The van der Waals surface area contributed by atoms with E-state index in [1.165, 1.54) is 0 Å². The number of rotatable bonds is 8. The number of aromatic nitrogens is 2. The number of imidazole rings is 1. The van der Waals surface area contributed by atoms with Gasteiger partial charge in [-0.05, 0) is 29.8 Å². The van der Waals surface area contributed by atoms with Gasteiger partial charge in [0, 0.05) is 18.1 Å². The van der Waals surface area contributed by atoms with Crippen LogP contribution in [0, 0.1) is 10.1 Å². The number of carbonyl (C=O) groups excluding carboxylic acids is 1. The lowest BCUT2D eigenvalue weighted by molar-refractivity contribution is -0.429. The van der Waals surface area contributed by atoms with Crippen LogP contribution in [0.5, 0.6) is 0 Å². The number of hydrogen-bond donors (Lipinski definition) is 0. The summed E-state index contributed by atoms with van der Waals surface area (Å²) in [6.07, 6.45) is 3.27. The van der Waals surface area contributed by atoms with Gasteiger partial charge in [-0.2, -0.15) is 0 Å². The van der Waals surface area contributed by atoms with Crippen molar-refractivity contribution < 1.29 is 9.72 Å². The first-order valence-corrected chi connectivity index (χ1v) is 10.1. The maximum atomic E-state index is 14.0. The molecule has 0 aliphatic heterocycles. The number of nitrogens with zero attached hydrogens (tertiary/aromatic N) is 3. The third-order valence-corrected chi connectivity index (χ3v) is 5.42. The van der Waals surface area contributed by atoms with Crippen LogP contribution in [0.4, 0.5) is 0 Å². The van der Waals surface area contributed by atoms with Crippen LogP contribution in [-0.2, 0) is 0 Å². The first kappa shape index (κ1) is 20.9. The molecule has 6 heteroatoms. The van der Waals surface area contributed by atoms with Crippen molar-refractivity contribution in [1.82, 2.24) is 9.55 Å². The van der Waals surface area contributed by atoms with Gasteiger partial charge in [-0.15, -0.1) is 0 Å². The van der Waals surface area contributed by atoms with Gasteiger partial charge in [0.1, 0.15) is 0 Å². The fourth-order valence-electron chi connectivity index (χ4n) is 3.93. The van der Waals surface area contributed by atoms with Gasteiger partial charge >= 0.3 is 0 Å². The van der Waals surface area contributed by atoms with Gasteiger partial charge in [0.15, 0.2) is 5.82 Å². The van der Waals surface area contributed by atoms with E-state index < -0.39 is 16.8 Å². The second-order valence-electron chi connectivity index (χ2n) is 7.35. The summed E-state index contributed by atoms with van der Waals surface area (Å²) >= 11 is 0. The van der Waals surface area contributed by atoms with Gasteiger partial charge in [-0.25, -0.2) is 4.98 Å². The highest BCUT2D eigenvalue weighted by molar-refractivity contribution is 5.99. The molecule has 6 nitrogen and oxygen atoms in total. The van der Waals surface area contributed by atoms with Crippen molar-refractivity contribution in [2.75, 3.05) is 0 Å². The van der Waals surface area contributed by atoms with Crippen molar-refractivity contribution in [2.45, 2.75) is 11.8 Å². The average molecular weight is 423 g/mol. The molecule has 0 aliphatic carbocycles. The predicted molar refractivity (Wildman–Crippen MR) is 122 cm³/mol. The maximum Gasteiger partial charge on any atom is 0.247 e. The van der Waals surface area contributed by atoms with Crippen LogP contribution in [0.25, 0.3) is 5.69 Å². The molecule has 0 saturated carbocycles. The number of Topliss-reactive ketones (excluding diaryl/α,β-unsaturated/α-hetero) is 1. The van der Waals surface area contributed by atoms with E-state index >= 15 is 0 Å². The number of para-hydroxylation sites is 1. The zero-order chi connectivity index (χ0) is 22.5. The predicted octanol–water partition coefficient (Wildman–Crippen LogP) is 5.41. The highest BCUT2D eigenvalue weighted by Gasteiger charge is 2.40. The van der Waals surface area contributed by atoms with Crippen molar-refractivity contribution in [2.24, 2.45) is 0 Å². The van der Waals surface area contributed by atoms with Gasteiger partial charge in [0.05, 0.1) is 16.8 Å². The lowest BCUT2D eigenvalue weighted by atomic mass is 9.77. The summed E-state index contributed by atoms with van der Waals surface area (Å²) in [6.45, 7) is 3.74. The first-order valence-electron chi connectivity index (χ1n) is 10.1. The largest absolute Gasteiger partial charge is 0.297 e. The quantitative estimate of drug-likeness (QED) is 0.216. The van der Waals surface area contributed by atoms with Crippen LogP contribution < -0.4 is 0 Å². The van der Waals surface area contributed by atoms with Gasteiger partial charge in [0.2, 0.25) is 11.5 Å². The molecule has 0 amide bonds. The summed E-state index contributed by atoms with van der Waals surface area (Å²) < 4.78 is 1.70. The van der Waals surface area contributed by atoms with E-state index in [4.69, 9.17) is 0 Å². The lowest BCUT2D eigenvalue weighted by Gasteiger charge is -2.25. The SMILES string of the molecule is C=C(C(c1ccccc1)C(C(=O)c1nccn1-c1ccccc1)c1ccccc1)[N+](=O)[O-]. The molecule has 1 aromatic heterocycles. The van der Waals surface area contributed by atoms with Gasteiger partial charge in [0.25, 0.3) is 0 Å². The summed E-state index contributed by atoms with van der Waals surface area (Å²) in [6, 6.07) is 27.5. The molecule has 0 aliphatic rings. The Hall–Kier alpha value is -4.32. The summed E-state index contributed by atoms with van der Waals surface area (Å²) in [7, 11) is 0. The molecule has 4 rings (SSSR count). The molecular weight excluding hydrogens is 402 g/mol. The molecule has 0 fully saturated rings. The second kappa shape index (κ2) is 9.22. The molecule has 0 saturated heterocycles. The van der Waals surface area contributed by atoms with Gasteiger partial charge in [-0.1, -0.05) is 78.9 Å². The smallest absolute Gasteiger partial charge is 0.247 e. The fraction of sp³-hybridized carbons (Fsp3) is 0.0769. The number of nitro groups is 1. The normalized spacial score (nSPS) is 12.6. The number of allylic oxidation sites excluding steroid dienone is 1. The molecular formula is C26H21N3O3. The molecule has 158 valence electrons. The molecule has 3 aromatic carbocycles. The van der Waals surface area contributed by atoms with Crippen molar-refractivity contribution in [1.29, 1.82) is 0 Å². The zero-order valence-electron chi connectivity index (χ0n) is 17.2. The van der Waals surface area contributed by atoms with Gasteiger partial charge < -0.3 is 0 Å². The molecule has 0 N–H and O–H groups in total. The van der Waals surface area contributed by atoms with Crippen LogP contribution in [-0.4, -0.2) is 20.3 Å². The lowest BCUT2D eigenvalue weighted by Crippen LogP contribution is -2.26. The Bertz CT molecular complexity index is 1240. The van der Waals surface area contributed by atoms with Crippen LogP contribution in [0.1, 0.15) is 33.6 Å². The Morgan fingerprint density at radius 1 is 0.844 bits per heavy atom. The third-order valence-electron chi connectivity index (χ3n) is 5.42. The average Bonchev–Trinajstić information content (AvgIpc) is 3.33. The van der Waals surface area contributed by atoms with Crippen LogP contribution >= 0.6 is 0 Å². The van der Waals surface area contributed by atoms with Crippen LogP contribution in [0.15, 0.2) is 116 Å². The van der Waals surface area contributed by atoms with Crippen molar-refractivity contribution >= 4 is 5.78 Å². The molecule has 2 atom stereocenters. The number of ketones is 1. The topological polar surface area (TPSA) is 78.0 Å². The monoisotopic (exact) mass is 423 g/mol. The first-order chi connectivity index (χ1) is 15.6. The van der Waals surface area contributed by atoms with Crippen molar-refractivity contribution in [3.8, 4) is 5.69 Å². The summed E-state index contributed by atoms with van der Waals surface area (Å²) in [5.74, 6) is -1.84. The number of hydrogen-bond acceptors (Lipinski definition) is 4. The Morgan fingerprint density at radius 2 is 1.34 bits per heavy atom. The molecule has 0 bridgehead atoms. The minimum absolute atomic E-state index is 0.210. The minimum Gasteiger partial charge on any atom is -0.297 e. The highest BCUT2D eigenvalue weighted by Crippen LogP contribution is 2.40. The number of benzene rings is 3. The summed E-state index contributed by atoms with van der Waals surface area (Å²) in [4.78, 5) is 29.6. The van der Waals surface area contributed by atoms with Crippen LogP contribution in [0.3, 0.4) is 0 Å². The Kier molecular flexibility index (Phi) is 6.03. The molecule has 1 heterocycles. The third kappa shape index (κ3) is 4.11. The molecule has 4 aromatic rings. The molecule has 0 spiro atoms. The van der Waals surface area contributed by atoms with E-state index in [0.29, 0.717) is 11.1 Å². The van der Waals surface area contributed by atoms with Crippen molar-refractivity contribution in [3.05, 3.63) is 143 Å². The van der Waals surface area contributed by atoms with Crippen LogP contribution in [0.2, 0.25) is 0 Å². The maximum absolute atomic E-state index is 14.0. The summed E-state index contributed by atoms with van der Waals surface area (Å²) in [5, 5.41) is 11.8. The van der Waals surface area contributed by atoms with Gasteiger partial charge in [-0.3, -0.25) is 19.5 Å². The summed E-state index contributed by atoms with van der Waals surface area (Å²) in [5.41, 5.74) is 1.85. The second-order valence-corrected chi connectivity index (χ2v) is 7.35. The standard InChI is InChI=1S/C26H21N3O3/c1-19(29(31)32)23(20-11-5-2-6-12-20)24(21-13-7-3-8-14-21)25(30)26-27-17-18-28(26)22-15-9-4-10-16-22/h2-18,23-24H,1H2.